The predicted octanol–water partition coefficient (Wildman–Crippen LogP) is -0.0765. The van der Waals surface area contributed by atoms with Crippen LogP contribution in [0.4, 0.5) is 0 Å². The molecule has 0 aromatic carbocycles. The number of hydrogen-bond acceptors (Lipinski definition) is 7. The number of esters is 2. The first kappa shape index (κ1) is 17.7. The van der Waals surface area contributed by atoms with E-state index in [4.69, 9.17) is 14.2 Å². The molecule has 0 amide bonds. The number of aromatic amines is 1. The first-order valence-electron chi connectivity index (χ1n) is 6.75. The summed E-state index contributed by atoms with van der Waals surface area (Å²) in [6.45, 7) is 2.41. The summed E-state index contributed by atoms with van der Waals surface area (Å²) in [5.41, 5.74) is -1.12. The Kier molecular flexibility index (Phi) is 5.57. The number of carbonyl (C=O) groups excluding carboxylic acids is 2. The Morgan fingerprint density at radius 2 is 2.09 bits per heavy atom. The lowest BCUT2D eigenvalue weighted by Crippen LogP contribution is -2.33. The van der Waals surface area contributed by atoms with Gasteiger partial charge in [0.15, 0.2) is 0 Å². The van der Waals surface area contributed by atoms with Gasteiger partial charge in [-0.05, 0) is 22.6 Å². The van der Waals surface area contributed by atoms with Crippen molar-refractivity contribution in [3.05, 3.63) is 30.6 Å². The summed E-state index contributed by atoms with van der Waals surface area (Å²) in [7, 11) is 0. The van der Waals surface area contributed by atoms with Gasteiger partial charge in [0.2, 0.25) is 0 Å². The van der Waals surface area contributed by atoms with Crippen LogP contribution in [-0.4, -0.2) is 40.3 Å². The summed E-state index contributed by atoms with van der Waals surface area (Å²) in [4.78, 5) is 47.6. The lowest BCUT2D eigenvalue weighted by Gasteiger charge is -2.17. The standard InChI is InChI=1S/C13H15IN2O7/c1-6(17)21-5-10-9(22-7(2)18)3-11(23-10)16-4-8(14)12(19)15-13(16)20/h4,9-11H,3,5H2,1-2H3,(H,15,19,20). The highest BCUT2D eigenvalue weighted by atomic mass is 127. The molecule has 9 nitrogen and oxygen atoms in total. The molecule has 1 aliphatic heterocycles. The monoisotopic (exact) mass is 438 g/mol. The van der Waals surface area contributed by atoms with Gasteiger partial charge in [-0.25, -0.2) is 4.79 Å². The zero-order valence-corrected chi connectivity index (χ0v) is 14.6. The van der Waals surface area contributed by atoms with Crippen LogP contribution in [-0.2, 0) is 23.8 Å². The maximum atomic E-state index is 11.9. The third kappa shape index (κ3) is 4.41. The van der Waals surface area contributed by atoms with Crippen LogP contribution in [0.1, 0.15) is 26.5 Å². The molecule has 1 aromatic heterocycles. The topological polar surface area (TPSA) is 117 Å². The van der Waals surface area contributed by atoms with Crippen molar-refractivity contribution in [2.45, 2.75) is 38.7 Å². The zero-order chi connectivity index (χ0) is 17.1. The SMILES string of the molecule is CC(=O)OCC1OC(n2cc(I)c(=O)[nH]c2=O)CC1OC(C)=O. The predicted molar refractivity (Wildman–Crippen MR) is 84.8 cm³/mol. The van der Waals surface area contributed by atoms with E-state index in [-0.39, 0.29) is 13.0 Å². The van der Waals surface area contributed by atoms with E-state index in [0.717, 1.165) is 0 Å². The molecule has 1 aliphatic rings. The van der Waals surface area contributed by atoms with Crippen molar-refractivity contribution in [1.82, 2.24) is 9.55 Å². The second kappa shape index (κ2) is 7.25. The zero-order valence-electron chi connectivity index (χ0n) is 12.4. The van der Waals surface area contributed by atoms with Crippen LogP contribution in [0.25, 0.3) is 0 Å². The van der Waals surface area contributed by atoms with Gasteiger partial charge >= 0.3 is 17.6 Å². The Balaban J connectivity index is 2.23. The minimum absolute atomic E-state index is 0.0982. The van der Waals surface area contributed by atoms with Crippen LogP contribution in [0.3, 0.4) is 0 Å². The Labute approximate surface area is 144 Å². The fraction of sp³-hybridized carbons (Fsp3) is 0.538. The molecule has 0 radical (unpaired) electrons. The van der Waals surface area contributed by atoms with E-state index in [2.05, 4.69) is 4.98 Å². The number of aromatic nitrogens is 2. The van der Waals surface area contributed by atoms with Crippen molar-refractivity contribution in [2.75, 3.05) is 6.61 Å². The van der Waals surface area contributed by atoms with Gasteiger partial charge in [0.1, 0.15) is 25.0 Å². The Morgan fingerprint density at radius 3 is 2.70 bits per heavy atom. The van der Waals surface area contributed by atoms with Crippen molar-refractivity contribution in [2.24, 2.45) is 0 Å². The fourth-order valence-electron chi connectivity index (χ4n) is 2.23. The van der Waals surface area contributed by atoms with Gasteiger partial charge < -0.3 is 14.2 Å². The van der Waals surface area contributed by atoms with Crippen LogP contribution in [0.15, 0.2) is 15.8 Å². The van der Waals surface area contributed by atoms with Crippen LogP contribution >= 0.6 is 22.6 Å². The minimum Gasteiger partial charge on any atom is -0.463 e. The number of hydrogen-bond donors (Lipinski definition) is 1. The molecule has 0 spiro atoms. The van der Waals surface area contributed by atoms with E-state index < -0.39 is 41.6 Å². The largest absolute Gasteiger partial charge is 0.463 e. The lowest BCUT2D eigenvalue weighted by molar-refractivity contribution is -0.155. The normalized spacial score (nSPS) is 23.5. The number of H-pyrrole nitrogens is 1. The van der Waals surface area contributed by atoms with Crippen LogP contribution in [0, 0.1) is 3.57 Å². The minimum atomic E-state index is -0.738. The number of halogens is 1. The van der Waals surface area contributed by atoms with E-state index in [1.54, 1.807) is 22.6 Å². The van der Waals surface area contributed by atoms with Gasteiger partial charge in [-0.15, -0.1) is 0 Å². The van der Waals surface area contributed by atoms with Gasteiger partial charge in [0.05, 0.1) is 3.57 Å². The summed E-state index contributed by atoms with van der Waals surface area (Å²) >= 11 is 1.80. The van der Waals surface area contributed by atoms with Gasteiger partial charge in [0, 0.05) is 26.5 Å². The number of ether oxygens (including phenoxy) is 3. The molecule has 10 heteroatoms. The third-order valence-electron chi connectivity index (χ3n) is 3.18. The van der Waals surface area contributed by atoms with Crippen molar-refractivity contribution in [3.63, 3.8) is 0 Å². The fourth-order valence-corrected chi connectivity index (χ4v) is 2.67. The van der Waals surface area contributed by atoms with Gasteiger partial charge in [0.25, 0.3) is 5.56 Å². The van der Waals surface area contributed by atoms with Crippen LogP contribution in [0.2, 0.25) is 0 Å². The average molecular weight is 438 g/mol. The molecule has 0 aliphatic carbocycles. The summed E-state index contributed by atoms with van der Waals surface area (Å²) < 4.78 is 17.3. The van der Waals surface area contributed by atoms with Crippen LogP contribution < -0.4 is 11.2 Å². The molecule has 2 heterocycles. The molecule has 0 bridgehead atoms. The number of nitrogens with zero attached hydrogens (tertiary/aromatic N) is 1. The van der Waals surface area contributed by atoms with Gasteiger partial charge in [-0.2, -0.15) is 0 Å². The first-order valence-corrected chi connectivity index (χ1v) is 7.83. The maximum Gasteiger partial charge on any atom is 0.330 e. The smallest absolute Gasteiger partial charge is 0.330 e. The van der Waals surface area contributed by atoms with E-state index in [0.29, 0.717) is 3.57 Å². The molecule has 1 N–H and O–H groups in total. The molecule has 3 atom stereocenters. The molecular weight excluding hydrogens is 423 g/mol. The molecule has 23 heavy (non-hydrogen) atoms. The highest BCUT2D eigenvalue weighted by molar-refractivity contribution is 14.1. The number of carbonyl (C=O) groups is 2. The second-order valence-electron chi connectivity index (χ2n) is 4.96. The highest BCUT2D eigenvalue weighted by Crippen LogP contribution is 2.30. The van der Waals surface area contributed by atoms with Crippen molar-refractivity contribution < 1.29 is 23.8 Å². The van der Waals surface area contributed by atoms with Crippen molar-refractivity contribution >= 4 is 34.5 Å². The average Bonchev–Trinajstić information content (AvgIpc) is 2.82. The molecule has 1 saturated heterocycles. The third-order valence-corrected chi connectivity index (χ3v) is 3.95. The van der Waals surface area contributed by atoms with E-state index in [9.17, 15) is 19.2 Å². The van der Waals surface area contributed by atoms with Gasteiger partial charge in [-0.3, -0.25) is 23.9 Å². The molecular formula is C13H15IN2O7. The molecule has 3 unspecified atom stereocenters. The number of nitrogens with one attached hydrogen (secondary N) is 1. The van der Waals surface area contributed by atoms with Gasteiger partial charge in [-0.1, -0.05) is 0 Å². The quantitative estimate of drug-likeness (QED) is 0.517. The van der Waals surface area contributed by atoms with Crippen LogP contribution in [0.5, 0.6) is 0 Å². The molecule has 1 aromatic rings. The Hall–Kier alpha value is -1.69. The van der Waals surface area contributed by atoms with Crippen molar-refractivity contribution in [1.29, 1.82) is 0 Å². The highest BCUT2D eigenvalue weighted by Gasteiger charge is 2.39. The summed E-state index contributed by atoms with van der Waals surface area (Å²) in [5.74, 6) is -0.996. The molecule has 0 saturated carbocycles. The Bertz CT molecular complexity index is 726. The maximum absolute atomic E-state index is 11.9. The van der Waals surface area contributed by atoms with Crippen molar-refractivity contribution in [3.8, 4) is 0 Å². The summed E-state index contributed by atoms with van der Waals surface area (Å²) in [5, 5.41) is 0. The Morgan fingerprint density at radius 1 is 1.39 bits per heavy atom. The summed E-state index contributed by atoms with van der Waals surface area (Å²) in [6.07, 6.45) is -0.519. The second-order valence-corrected chi connectivity index (χ2v) is 6.12. The first-order chi connectivity index (χ1) is 10.8. The molecule has 1 fully saturated rings. The van der Waals surface area contributed by atoms with E-state index >= 15 is 0 Å². The van der Waals surface area contributed by atoms with E-state index in [1.807, 2.05) is 0 Å². The summed E-state index contributed by atoms with van der Waals surface area (Å²) in [6, 6.07) is 0. The lowest BCUT2D eigenvalue weighted by atomic mass is 10.2. The van der Waals surface area contributed by atoms with E-state index in [1.165, 1.54) is 24.6 Å². The number of rotatable bonds is 4. The molecule has 2 rings (SSSR count). The molecule has 126 valence electrons.